The molecule has 0 aromatic heterocycles. The number of hydrogen-bond acceptors (Lipinski definition) is 2. The van der Waals surface area contributed by atoms with Crippen LogP contribution >= 0.6 is 15.9 Å². The van der Waals surface area contributed by atoms with Crippen LogP contribution < -0.4 is 5.73 Å². The van der Waals surface area contributed by atoms with Crippen LogP contribution in [-0.2, 0) is 0 Å². The summed E-state index contributed by atoms with van der Waals surface area (Å²) in [6.45, 7) is 1.79. The van der Waals surface area contributed by atoms with Crippen molar-refractivity contribution < 1.29 is 9.50 Å². The van der Waals surface area contributed by atoms with Crippen molar-refractivity contribution in [3.63, 3.8) is 0 Å². The van der Waals surface area contributed by atoms with Gasteiger partial charge in [0.15, 0.2) is 5.82 Å². The first-order chi connectivity index (χ1) is 7.06. The second-order valence-electron chi connectivity index (χ2n) is 3.02. The van der Waals surface area contributed by atoms with Gasteiger partial charge in [-0.3, -0.25) is 0 Å². The SMILES string of the molecule is CCC(O)C#Cc1c(N)ccc(Br)c1F. The zero-order chi connectivity index (χ0) is 11.4. The summed E-state index contributed by atoms with van der Waals surface area (Å²) in [6.07, 6.45) is -0.245. The average molecular weight is 272 g/mol. The molecule has 0 amide bonds. The fraction of sp³-hybridized carbons (Fsp3) is 0.273. The van der Waals surface area contributed by atoms with Gasteiger partial charge in [-0.2, -0.15) is 0 Å². The number of aliphatic hydroxyl groups is 1. The van der Waals surface area contributed by atoms with Crippen molar-refractivity contribution in [3.05, 3.63) is 28.0 Å². The Morgan fingerprint density at radius 3 is 2.87 bits per heavy atom. The molecule has 1 atom stereocenters. The van der Waals surface area contributed by atoms with Gasteiger partial charge in [0.2, 0.25) is 0 Å². The number of nitrogen functional groups attached to an aromatic ring is 1. The molecule has 2 nitrogen and oxygen atoms in total. The van der Waals surface area contributed by atoms with Gasteiger partial charge in [-0.25, -0.2) is 4.39 Å². The monoisotopic (exact) mass is 271 g/mol. The lowest BCUT2D eigenvalue weighted by Gasteiger charge is -2.02. The van der Waals surface area contributed by atoms with Crippen LogP contribution in [-0.4, -0.2) is 11.2 Å². The van der Waals surface area contributed by atoms with E-state index in [4.69, 9.17) is 5.73 Å². The van der Waals surface area contributed by atoms with Crippen molar-refractivity contribution in [1.29, 1.82) is 0 Å². The zero-order valence-electron chi connectivity index (χ0n) is 8.22. The van der Waals surface area contributed by atoms with E-state index in [9.17, 15) is 9.50 Å². The number of rotatable bonds is 1. The first kappa shape index (κ1) is 12.0. The maximum absolute atomic E-state index is 13.5. The smallest absolute Gasteiger partial charge is 0.155 e. The highest BCUT2D eigenvalue weighted by molar-refractivity contribution is 9.10. The minimum absolute atomic E-state index is 0.122. The fourth-order valence-electron chi connectivity index (χ4n) is 0.950. The van der Waals surface area contributed by atoms with E-state index in [1.807, 2.05) is 0 Å². The van der Waals surface area contributed by atoms with Crippen molar-refractivity contribution in [3.8, 4) is 11.8 Å². The molecule has 1 unspecified atom stereocenters. The molecule has 0 saturated heterocycles. The molecule has 0 aliphatic carbocycles. The Bertz CT molecular complexity index is 423. The van der Waals surface area contributed by atoms with Crippen LogP contribution in [0.5, 0.6) is 0 Å². The fourth-order valence-corrected chi connectivity index (χ4v) is 1.28. The molecular formula is C11H11BrFNO. The highest BCUT2D eigenvalue weighted by Crippen LogP contribution is 2.23. The van der Waals surface area contributed by atoms with Crippen LogP contribution in [0.2, 0.25) is 0 Å². The van der Waals surface area contributed by atoms with Crippen molar-refractivity contribution in [2.24, 2.45) is 0 Å². The van der Waals surface area contributed by atoms with Gasteiger partial charge in [0.1, 0.15) is 6.10 Å². The zero-order valence-corrected chi connectivity index (χ0v) is 9.81. The van der Waals surface area contributed by atoms with Gasteiger partial charge < -0.3 is 10.8 Å². The quantitative estimate of drug-likeness (QED) is 0.608. The van der Waals surface area contributed by atoms with Gasteiger partial charge in [0.25, 0.3) is 0 Å². The maximum atomic E-state index is 13.5. The second-order valence-corrected chi connectivity index (χ2v) is 3.87. The maximum Gasteiger partial charge on any atom is 0.155 e. The lowest BCUT2D eigenvalue weighted by Crippen LogP contribution is -2.00. The number of aliphatic hydroxyl groups excluding tert-OH is 1. The van der Waals surface area contributed by atoms with Crippen molar-refractivity contribution >= 4 is 21.6 Å². The number of benzene rings is 1. The molecule has 80 valence electrons. The molecule has 0 heterocycles. The molecule has 1 aromatic rings. The first-order valence-electron chi connectivity index (χ1n) is 4.49. The largest absolute Gasteiger partial charge is 0.398 e. The molecule has 0 spiro atoms. The normalized spacial score (nSPS) is 11.7. The van der Waals surface area contributed by atoms with Gasteiger partial charge in [0.05, 0.1) is 15.7 Å². The van der Waals surface area contributed by atoms with Crippen LogP contribution in [0.1, 0.15) is 18.9 Å². The molecule has 4 heteroatoms. The molecule has 0 aliphatic rings. The Balaban J connectivity index is 3.12. The third kappa shape index (κ3) is 2.95. The van der Waals surface area contributed by atoms with Crippen LogP contribution in [0.25, 0.3) is 0 Å². The summed E-state index contributed by atoms with van der Waals surface area (Å²) >= 11 is 3.04. The summed E-state index contributed by atoms with van der Waals surface area (Å²) in [7, 11) is 0. The van der Waals surface area contributed by atoms with E-state index in [0.29, 0.717) is 10.9 Å². The van der Waals surface area contributed by atoms with Crippen molar-refractivity contribution in [2.75, 3.05) is 5.73 Å². The summed E-state index contributed by atoms with van der Waals surface area (Å²) in [6, 6.07) is 3.08. The molecule has 1 aromatic carbocycles. The number of hydrogen-bond donors (Lipinski definition) is 2. The molecule has 0 fully saturated rings. The minimum Gasteiger partial charge on any atom is -0.398 e. The van der Waals surface area contributed by atoms with Crippen LogP contribution in [0.4, 0.5) is 10.1 Å². The number of anilines is 1. The Morgan fingerprint density at radius 1 is 1.60 bits per heavy atom. The minimum atomic E-state index is -0.747. The molecule has 15 heavy (non-hydrogen) atoms. The summed E-state index contributed by atoms with van der Waals surface area (Å²) < 4.78 is 13.8. The number of nitrogens with two attached hydrogens (primary N) is 1. The van der Waals surface area contributed by atoms with E-state index in [-0.39, 0.29) is 11.3 Å². The Hall–Kier alpha value is -1.05. The highest BCUT2D eigenvalue weighted by Gasteiger charge is 2.07. The Morgan fingerprint density at radius 2 is 2.27 bits per heavy atom. The van der Waals surface area contributed by atoms with Gasteiger partial charge in [-0.05, 0) is 34.5 Å². The highest BCUT2D eigenvalue weighted by atomic mass is 79.9. The lowest BCUT2D eigenvalue weighted by atomic mass is 10.1. The van der Waals surface area contributed by atoms with Crippen LogP contribution in [0.15, 0.2) is 16.6 Å². The predicted molar refractivity (Wildman–Crippen MR) is 61.7 cm³/mol. The van der Waals surface area contributed by atoms with Gasteiger partial charge in [0, 0.05) is 0 Å². The third-order valence-electron chi connectivity index (χ3n) is 1.88. The molecule has 0 bridgehead atoms. The summed E-state index contributed by atoms with van der Waals surface area (Å²) in [5.41, 5.74) is 5.96. The first-order valence-corrected chi connectivity index (χ1v) is 5.28. The van der Waals surface area contributed by atoms with E-state index >= 15 is 0 Å². The second kappa shape index (κ2) is 5.15. The van der Waals surface area contributed by atoms with E-state index in [1.54, 1.807) is 13.0 Å². The average Bonchev–Trinajstić information content (AvgIpc) is 2.23. The van der Waals surface area contributed by atoms with E-state index in [2.05, 4.69) is 27.8 Å². The molecular weight excluding hydrogens is 261 g/mol. The third-order valence-corrected chi connectivity index (χ3v) is 2.49. The molecule has 0 radical (unpaired) electrons. The van der Waals surface area contributed by atoms with Crippen molar-refractivity contribution in [1.82, 2.24) is 0 Å². The molecule has 1 rings (SSSR count). The summed E-state index contributed by atoms with van der Waals surface area (Å²) in [5, 5.41) is 9.22. The van der Waals surface area contributed by atoms with Crippen LogP contribution in [0.3, 0.4) is 0 Å². The summed E-state index contributed by atoms with van der Waals surface area (Å²) in [4.78, 5) is 0. The molecule has 0 aliphatic heterocycles. The van der Waals surface area contributed by atoms with E-state index < -0.39 is 11.9 Å². The summed E-state index contributed by atoms with van der Waals surface area (Å²) in [5.74, 6) is 4.57. The van der Waals surface area contributed by atoms with Gasteiger partial charge >= 0.3 is 0 Å². The van der Waals surface area contributed by atoms with E-state index in [1.165, 1.54) is 6.07 Å². The molecule has 0 saturated carbocycles. The topological polar surface area (TPSA) is 46.2 Å². The lowest BCUT2D eigenvalue weighted by molar-refractivity contribution is 0.228. The van der Waals surface area contributed by atoms with Gasteiger partial charge in [-0.1, -0.05) is 18.8 Å². The Kier molecular flexibility index (Phi) is 4.13. The van der Waals surface area contributed by atoms with Crippen molar-refractivity contribution in [2.45, 2.75) is 19.4 Å². The van der Waals surface area contributed by atoms with Gasteiger partial charge in [-0.15, -0.1) is 0 Å². The van der Waals surface area contributed by atoms with Crippen LogP contribution in [0, 0.1) is 17.7 Å². The van der Waals surface area contributed by atoms with E-state index in [0.717, 1.165) is 0 Å². The predicted octanol–water partition coefficient (Wildman–Crippen LogP) is 2.29. The number of halogens is 2. The Labute approximate surface area is 96.4 Å². The standard InChI is InChI=1S/C11H11BrFNO/c1-2-7(15)3-4-8-10(14)6-5-9(12)11(8)13/h5-7,15H,2,14H2,1H3. The molecule has 3 N–H and O–H groups in total.